The number of benzene rings is 2. The van der Waals surface area contributed by atoms with Crippen LogP contribution in [-0.4, -0.2) is 33.5 Å². The third-order valence-electron chi connectivity index (χ3n) is 4.44. The molecular formula is C21H19BrN4O3S. The van der Waals surface area contributed by atoms with Gasteiger partial charge in [-0.15, -0.1) is 10.2 Å². The summed E-state index contributed by atoms with van der Waals surface area (Å²) in [7, 11) is 1.60. The molecule has 30 heavy (non-hydrogen) atoms. The van der Waals surface area contributed by atoms with E-state index in [4.69, 9.17) is 9.15 Å². The molecule has 1 N–H and O–H groups in total. The number of amides is 1. The van der Waals surface area contributed by atoms with Crippen LogP contribution in [-0.2, 0) is 11.3 Å². The van der Waals surface area contributed by atoms with E-state index in [9.17, 15) is 4.79 Å². The summed E-state index contributed by atoms with van der Waals surface area (Å²) in [6.07, 6.45) is 0. The number of nitrogens with one attached hydrogen (secondary N) is 1. The Hall–Kier alpha value is -2.78. The Morgan fingerprint density at radius 2 is 2.00 bits per heavy atom. The van der Waals surface area contributed by atoms with E-state index < -0.39 is 0 Å². The first kappa shape index (κ1) is 20.5. The minimum atomic E-state index is -0.119. The molecule has 0 aliphatic heterocycles. The van der Waals surface area contributed by atoms with Gasteiger partial charge >= 0.3 is 0 Å². The zero-order chi connectivity index (χ0) is 21.1. The van der Waals surface area contributed by atoms with E-state index >= 15 is 0 Å². The summed E-state index contributed by atoms with van der Waals surface area (Å²) in [4.78, 5) is 12.3. The van der Waals surface area contributed by atoms with Gasteiger partial charge in [-0.05, 0) is 55.5 Å². The molecule has 7 nitrogen and oxygen atoms in total. The van der Waals surface area contributed by atoms with Crippen molar-refractivity contribution in [1.82, 2.24) is 14.8 Å². The van der Waals surface area contributed by atoms with Gasteiger partial charge < -0.3 is 14.5 Å². The predicted molar refractivity (Wildman–Crippen MR) is 121 cm³/mol. The van der Waals surface area contributed by atoms with E-state index in [1.165, 1.54) is 11.8 Å². The first-order chi connectivity index (χ1) is 14.6. The van der Waals surface area contributed by atoms with Crippen molar-refractivity contribution in [2.24, 2.45) is 0 Å². The molecule has 2 heterocycles. The molecule has 0 saturated heterocycles. The number of hydrogen-bond acceptors (Lipinski definition) is 6. The minimum Gasteiger partial charge on any atom is -0.497 e. The molecule has 0 radical (unpaired) electrons. The molecule has 0 bridgehead atoms. The van der Waals surface area contributed by atoms with Crippen LogP contribution >= 0.6 is 27.7 Å². The lowest BCUT2D eigenvalue weighted by molar-refractivity contribution is -0.113. The summed E-state index contributed by atoms with van der Waals surface area (Å²) in [6, 6.07) is 15.0. The van der Waals surface area contributed by atoms with Crippen molar-refractivity contribution in [3.05, 3.63) is 53.0 Å². The summed E-state index contributed by atoms with van der Waals surface area (Å²) in [6.45, 7) is 2.67. The second kappa shape index (κ2) is 8.93. The van der Waals surface area contributed by atoms with Gasteiger partial charge in [-0.2, -0.15) is 0 Å². The van der Waals surface area contributed by atoms with Crippen LogP contribution in [0.15, 0.2) is 62.6 Å². The van der Waals surface area contributed by atoms with Crippen molar-refractivity contribution in [1.29, 1.82) is 0 Å². The number of halogens is 1. The predicted octanol–water partition coefficient (Wildman–Crippen LogP) is 5.21. The highest BCUT2D eigenvalue weighted by Gasteiger charge is 2.18. The van der Waals surface area contributed by atoms with Gasteiger partial charge in [0.2, 0.25) is 11.7 Å². The minimum absolute atomic E-state index is 0.119. The molecule has 0 unspecified atom stereocenters. The standard InChI is InChI=1S/C21H19BrN4O3S/c1-3-26-20(18-11-13-10-14(22)4-9-17(13)29-18)24-25-21(26)30-12-19(27)23-15-5-7-16(28-2)8-6-15/h4-11H,3,12H2,1-2H3,(H,23,27). The van der Waals surface area contributed by atoms with Gasteiger partial charge in [0.15, 0.2) is 10.9 Å². The fourth-order valence-electron chi connectivity index (χ4n) is 2.99. The Kier molecular flexibility index (Phi) is 6.10. The number of carbonyl (C=O) groups is 1. The lowest BCUT2D eigenvalue weighted by atomic mass is 10.2. The van der Waals surface area contributed by atoms with Crippen LogP contribution in [0.4, 0.5) is 5.69 Å². The Morgan fingerprint density at radius 1 is 1.20 bits per heavy atom. The van der Waals surface area contributed by atoms with Crippen molar-refractivity contribution < 1.29 is 13.9 Å². The average Bonchev–Trinajstić information content (AvgIpc) is 3.35. The second-order valence-electron chi connectivity index (χ2n) is 6.41. The topological polar surface area (TPSA) is 82.2 Å². The molecule has 9 heteroatoms. The number of nitrogens with zero attached hydrogens (tertiary/aromatic N) is 3. The van der Waals surface area contributed by atoms with Crippen LogP contribution in [0.25, 0.3) is 22.6 Å². The molecule has 0 aliphatic rings. The summed E-state index contributed by atoms with van der Waals surface area (Å²) in [5.74, 6) is 2.13. The van der Waals surface area contributed by atoms with E-state index in [0.717, 1.165) is 21.2 Å². The van der Waals surface area contributed by atoms with E-state index in [0.29, 0.717) is 29.0 Å². The summed E-state index contributed by atoms with van der Waals surface area (Å²) < 4.78 is 14.0. The van der Waals surface area contributed by atoms with Crippen LogP contribution in [0.5, 0.6) is 5.75 Å². The molecule has 2 aromatic heterocycles. The quantitative estimate of drug-likeness (QED) is 0.361. The summed E-state index contributed by atoms with van der Waals surface area (Å²) in [5.41, 5.74) is 1.50. The Bertz CT molecular complexity index is 1190. The van der Waals surface area contributed by atoms with E-state index in [1.54, 1.807) is 31.4 Å². The Labute approximate surface area is 185 Å². The van der Waals surface area contributed by atoms with E-state index in [1.807, 2.05) is 35.8 Å². The number of hydrogen-bond donors (Lipinski definition) is 1. The van der Waals surface area contributed by atoms with Crippen molar-refractivity contribution in [3.8, 4) is 17.3 Å². The first-order valence-electron chi connectivity index (χ1n) is 9.26. The fraction of sp³-hybridized carbons (Fsp3) is 0.190. The lowest BCUT2D eigenvalue weighted by Crippen LogP contribution is -2.14. The maximum Gasteiger partial charge on any atom is 0.234 e. The van der Waals surface area contributed by atoms with Gasteiger partial charge in [-0.1, -0.05) is 27.7 Å². The van der Waals surface area contributed by atoms with E-state index in [-0.39, 0.29) is 11.7 Å². The summed E-state index contributed by atoms with van der Waals surface area (Å²) in [5, 5.41) is 13.1. The molecule has 0 atom stereocenters. The number of rotatable bonds is 7. The molecule has 0 aliphatic carbocycles. The number of methoxy groups -OCH3 is 1. The number of thioether (sulfide) groups is 1. The van der Waals surface area contributed by atoms with Crippen LogP contribution in [0.2, 0.25) is 0 Å². The van der Waals surface area contributed by atoms with Gasteiger partial charge in [0.1, 0.15) is 11.3 Å². The first-order valence-corrected chi connectivity index (χ1v) is 11.0. The summed E-state index contributed by atoms with van der Waals surface area (Å²) >= 11 is 4.81. The fourth-order valence-corrected chi connectivity index (χ4v) is 4.17. The molecule has 4 aromatic rings. The molecule has 4 rings (SSSR count). The van der Waals surface area contributed by atoms with Gasteiger partial charge in [-0.3, -0.25) is 9.36 Å². The average molecular weight is 487 g/mol. The van der Waals surface area contributed by atoms with Gasteiger partial charge in [0.05, 0.1) is 12.9 Å². The highest BCUT2D eigenvalue weighted by Crippen LogP contribution is 2.30. The second-order valence-corrected chi connectivity index (χ2v) is 8.27. The maximum atomic E-state index is 12.3. The molecule has 154 valence electrons. The van der Waals surface area contributed by atoms with Crippen LogP contribution < -0.4 is 10.1 Å². The molecule has 2 aromatic carbocycles. The number of aromatic nitrogens is 3. The number of ether oxygens (including phenoxy) is 1. The molecule has 0 saturated carbocycles. The monoisotopic (exact) mass is 486 g/mol. The highest BCUT2D eigenvalue weighted by atomic mass is 79.9. The molecule has 1 amide bonds. The van der Waals surface area contributed by atoms with Crippen molar-refractivity contribution in [3.63, 3.8) is 0 Å². The molecule has 0 spiro atoms. The highest BCUT2D eigenvalue weighted by molar-refractivity contribution is 9.10. The van der Waals surface area contributed by atoms with Gasteiger partial charge in [0.25, 0.3) is 0 Å². The van der Waals surface area contributed by atoms with Crippen LogP contribution in [0.3, 0.4) is 0 Å². The van der Waals surface area contributed by atoms with Gasteiger partial charge in [0, 0.05) is 22.1 Å². The number of carbonyl (C=O) groups excluding carboxylic acids is 1. The molecule has 0 fully saturated rings. The SMILES string of the molecule is CCn1c(SCC(=O)Nc2ccc(OC)cc2)nnc1-c1cc2cc(Br)ccc2o1. The van der Waals surface area contributed by atoms with E-state index in [2.05, 4.69) is 31.4 Å². The normalized spacial score (nSPS) is 11.0. The zero-order valence-electron chi connectivity index (χ0n) is 16.4. The largest absolute Gasteiger partial charge is 0.497 e. The van der Waals surface area contributed by atoms with Crippen molar-refractivity contribution >= 4 is 50.3 Å². The Balaban J connectivity index is 1.46. The van der Waals surface area contributed by atoms with Crippen molar-refractivity contribution in [2.75, 3.05) is 18.2 Å². The smallest absolute Gasteiger partial charge is 0.234 e. The Morgan fingerprint density at radius 3 is 2.73 bits per heavy atom. The lowest BCUT2D eigenvalue weighted by Gasteiger charge is -2.07. The number of furan rings is 1. The molecular weight excluding hydrogens is 468 g/mol. The zero-order valence-corrected chi connectivity index (χ0v) is 18.8. The van der Waals surface area contributed by atoms with Gasteiger partial charge in [-0.25, -0.2) is 0 Å². The number of fused-ring (bicyclic) bond motifs is 1. The van der Waals surface area contributed by atoms with Crippen molar-refractivity contribution in [2.45, 2.75) is 18.6 Å². The third-order valence-corrected chi connectivity index (χ3v) is 5.90. The van der Waals surface area contributed by atoms with Crippen LogP contribution in [0.1, 0.15) is 6.92 Å². The maximum absolute atomic E-state index is 12.3. The number of anilines is 1. The van der Waals surface area contributed by atoms with Crippen LogP contribution in [0, 0.1) is 0 Å². The third kappa shape index (κ3) is 4.36.